The fourth-order valence-electron chi connectivity index (χ4n) is 0.682. The fraction of sp³-hybridized carbons (Fsp3) is 0.667. The van der Waals surface area contributed by atoms with Gasteiger partial charge in [-0.2, -0.15) is 0 Å². The summed E-state index contributed by atoms with van der Waals surface area (Å²) in [5.74, 6) is 0.255. The van der Waals surface area contributed by atoms with E-state index in [9.17, 15) is 13.2 Å². The molecular formula is C6H6F3N2O2. The minimum atomic E-state index is -4.57. The summed E-state index contributed by atoms with van der Waals surface area (Å²) in [7, 11) is 0. The molecule has 1 aromatic heterocycles. The summed E-state index contributed by atoms with van der Waals surface area (Å²) in [5, 5.41) is 6.69. The molecule has 0 spiro atoms. The van der Waals surface area contributed by atoms with Crippen molar-refractivity contribution in [3.63, 3.8) is 0 Å². The van der Waals surface area contributed by atoms with E-state index in [2.05, 4.69) is 25.7 Å². The smallest absolute Gasteiger partial charge is 0.417 e. The second kappa shape index (κ2) is 4.22. The van der Waals surface area contributed by atoms with E-state index in [1.807, 2.05) is 0 Å². The monoisotopic (exact) mass is 195 g/mol. The first-order valence-corrected chi connectivity index (χ1v) is 3.47. The van der Waals surface area contributed by atoms with E-state index in [0.29, 0.717) is 0 Å². The van der Waals surface area contributed by atoms with Crippen molar-refractivity contribution in [1.82, 2.24) is 10.2 Å². The molecule has 0 saturated heterocycles. The highest BCUT2D eigenvalue weighted by atomic mass is 19.4. The molecule has 7 heteroatoms. The van der Waals surface area contributed by atoms with E-state index in [0.717, 1.165) is 0 Å². The van der Waals surface area contributed by atoms with Gasteiger partial charge in [0.15, 0.2) is 0 Å². The van der Waals surface area contributed by atoms with Crippen LogP contribution < -0.4 is 0 Å². The third-order valence-electron chi connectivity index (χ3n) is 1.17. The first-order valence-electron chi connectivity index (χ1n) is 3.47. The number of halogens is 3. The van der Waals surface area contributed by atoms with Crippen LogP contribution in [-0.4, -0.2) is 23.2 Å². The normalized spacial score (nSPS) is 11.9. The van der Waals surface area contributed by atoms with Gasteiger partial charge >= 0.3 is 12.8 Å². The number of alkyl halides is 3. The lowest BCUT2D eigenvalue weighted by atomic mass is 10.3. The largest absolute Gasteiger partial charge is 0.522 e. The Morgan fingerprint density at radius 2 is 2.23 bits per heavy atom. The van der Waals surface area contributed by atoms with Gasteiger partial charge in [-0.05, 0) is 6.42 Å². The van der Waals surface area contributed by atoms with Gasteiger partial charge in [-0.25, -0.2) is 0 Å². The van der Waals surface area contributed by atoms with E-state index < -0.39 is 13.0 Å². The summed E-state index contributed by atoms with van der Waals surface area (Å²) in [6, 6.07) is 0. The van der Waals surface area contributed by atoms with E-state index in [4.69, 9.17) is 0 Å². The number of hydrogen-bond acceptors (Lipinski definition) is 4. The van der Waals surface area contributed by atoms with Crippen LogP contribution in [0.1, 0.15) is 12.3 Å². The topological polar surface area (TPSA) is 48.2 Å². The van der Waals surface area contributed by atoms with Gasteiger partial charge in [0.05, 0.1) is 6.61 Å². The predicted octanol–water partition coefficient (Wildman–Crippen LogP) is 1.34. The number of nitrogens with zero attached hydrogens (tertiary/aromatic N) is 2. The summed E-state index contributed by atoms with van der Waals surface area (Å²) in [4.78, 5) is 0. The van der Waals surface area contributed by atoms with Crippen molar-refractivity contribution in [3.05, 3.63) is 12.3 Å². The molecule has 0 N–H and O–H groups in total. The Morgan fingerprint density at radius 1 is 1.46 bits per heavy atom. The van der Waals surface area contributed by atoms with Gasteiger partial charge in [0.1, 0.15) is 0 Å². The minimum Gasteiger partial charge on any atom is -0.417 e. The van der Waals surface area contributed by atoms with Crippen LogP contribution in [0.15, 0.2) is 4.42 Å². The van der Waals surface area contributed by atoms with E-state index in [1.165, 1.54) is 0 Å². The molecule has 0 aliphatic heterocycles. The molecule has 73 valence electrons. The average molecular weight is 195 g/mol. The molecule has 1 aromatic rings. The third kappa shape index (κ3) is 4.46. The molecule has 0 aliphatic carbocycles. The Bertz CT molecular complexity index is 235. The predicted molar refractivity (Wildman–Crippen MR) is 33.5 cm³/mol. The maximum Gasteiger partial charge on any atom is 0.522 e. The minimum absolute atomic E-state index is 0.176. The Kier molecular flexibility index (Phi) is 3.24. The molecule has 0 unspecified atom stereocenters. The lowest BCUT2D eigenvalue weighted by Crippen LogP contribution is -2.14. The number of ether oxygens (including phenoxy) is 1. The maximum atomic E-state index is 11.4. The second-order valence-electron chi connectivity index (χ2n) is 2.18. The average Bonchev–Trinajstić information content (AvgIpc) is 2.48. The van der Waals surface area contributed by atoms with Gasteiger partial charge in [0.2, 0.25) is 5.89 Å². The molecule has 1 rings (SSSR count). The summed E-state index contributed by atoms with van der Waals surface area (Å²) in [6.45, 7) is -0.411. The number of aromatic nitrogens is 2. The Labute approximate surface area is 71.7 Å². The molecule has 0 bridgehead atoms. The molecule has 13 heavy (non-hydrogen) atoms. The van der Waals surface area contributed by atoms with Crippen molar-refractivity contribution >= 4 is 0 Å². The SMILES string of the molecule is FC(F)(F)OCCCc1nn[c]o1. The Balaban J connectivity index is 2.09. The lowest BCUT2D eigenvalue weighted by molar-refractivity contribution is -0.324. The summed E-state index contributed by atoms with van der Waals surface area (Å²) < 4.78 is 42.4. The van der Waals surface area contributed by atoms with Crippen molar-refractivity contribution in [2.45, 2.75) is 19.2 Å². The van der Waals surface area contributed by atoms with E-state index in [-0.39, 0.29) is 18.7 Å². The highest BCUT2D eigenvalue weighted by Crippen LogP contribution is 2.16. The highest BCUT2D eigenvalue weighted by molar-refractivity contribution is 4.71. The van der Waals surface area contributed by atoms with Gasteiger partial charge in [-0.15, -0.1) is 23.4 Å². The van der Waals surface area contributed by atoms with Gasteiger partial charge in [-0.3, -0.25) is 4.74 Å². The molecule has 0 aromatic carbocycles. The van der Waals surface area contributed by atoms with Crippen molar-refractivity contribution in [2.75, 3.05) is 6.61 Å². The van der Waals surface area contributed by atoms with Crippen LogP contribution in [0.25, 0.3) is 0 Å². The van der Waals surface area contributed by atoms with Gasteiger partial charge in [-0.1, -0.05) is 0 Å². The first-order chi connectivity index (χ1) is 6.08. The molecule has 0 saturated carbocycles. The maximum absolute atomic E-state index is 11.4. The van der Waals surface area contributed by atoms with Crippen molar-refractivity contribution in [2.24, 2.45) is 0 Å². The summed E-state index contributed by atoms with van der Waals surface area (Å²) >= 11 is 0. The van der Waals surface area contributed by atoms with Crippen molar-refractivity contribution in [3.8, 4) is 0 Å². The van der Waals surface area contributed by atoms with E-state index >= 15 is 0 Å². The molecular weight excluding hydrogens is 189 g/mol. The summed E-state index contributed by atoms with van der Waals surface area (Å²) in [5.41, 5.74) is 0. The third-order valence-corrected chi connectivity index (χ3v) is 1.17. The molecule has 1 radical (unpaired) electrons. The molecule has 0 fully saturated rings. The highest BCUT2D eigenvalue weighted by Gasteiger charge is 2.28. The van der Waals surface area contributed by atoms with Crippen molar-refractivity contribution < 1.29 is 22.3 Å². The number of hydrogen-bond donors (Lipinski definition) is 0. The molecule has 1 heterocycles. The zero-order valence-electron chi connectivity index (χ0n) is 6.47. The molecule has 0 atom stereocenters. The zero-order valence-corrected chi connectivity index (χ0v) is 6.47. The van der Waals surface area contributed by atoms with Gasteiger partial charge < -0.3 is 4.42 Å². The van der Waals surface area contributed by atoms with Crippen LogP contribution in [0.4, 0.5) is 13.2 Å². The fourth-order valence-corrected chi connectivity index (χ4v) is 0.682. The van der Waals surface area contributed by atoms with Crippen LogP contribution >= 0.6 is 0 Å². The van der Waals surface area contributed by atoms with Crippen LogP contribution in [0.3, 0.4) is 0 Å². The number of aryl methyl sites for hydroxylation is 1. The van der Waals surface area contributed by atoms with E-state index in [1.54, 1.807) is 0 Å². The zero-order chi connectivity index (χ0) is 9.73. The standard InChI is InChI=1S/C6H6F3N2O2/c7-6(8,9)13-3-1-2-5-11-10-4-12-5/h1-3H2. The Morgan fingerprint density at radius 3 is 2.77 bits per heavy atom. The number of rotatable bonds is 4. The lowest BCUT2D eigenvalue weighted by Gasteiger charge is -2.05. The van der Waals surface area contributed by atoms with Crippen LogP contribution in [0, 0.1) is 6.39 Å². The van der Waals surface area contributed by atoms with Crippen molar-refractivity contribution in [1.29, 1.82) is 0 Å². The van der Waals surface area contributed by atoms with Crippen LogP contribution in [0.5, 0.6) is 0 Å². The van der Waals surface area contributed by atoms with Crippen LogP contribution in [0.2, 0.25) is 0 Å². The molecule has 0 amide bonds. The first kappa shape index (κ1) is 9.97. The summed E-state index contributed by atoms with van der Waals surface area (Å²) in [6.07, 6.45) is -2.05. The second-order valence-corrected chi connectivity index (χ2v) is 2.18. The Hall–Kier alpha value is -1.11. The van der Waals surface area contributed by atoms with Gasteiger partial charge in [0.25, 0.3) is 0 Å². The molecule has 4 nitrogen and oxygen atoms in total. The quantitative estimate of drug-likeness (QED) is 0.680. The van der Waals surface area contributed by atoms with Crippen LogP contribution in [-0.2, 0) is 11.2 Å². The van der Waals surface area contributed by atoms with Gasteiger partial charge in [0, 0.05) is 6.42 Å². The molecule has 0 aliphatic rings.